The Morgan fingerprint density at radius 1 is 0.958 bits per heavy atom. The number of fused-ring (bicyclic) bond motifs is 1. The van der Waals surface area contributed by atoms with Gasteiger partial charge in [0.25, 0.3) is 10.0 Å². The summed E-state index contributed by atoms with van der Waals surface area (Å²) in [7, 11) is -3.66. The molecule has 24 heavy (non-hydrogen) atoms. The number of hydrogen-bond donors (Lipinski definition) is 1. The lowest BCUT2D eigenvalue weighted by Gasteiger charge is -2.10. The van der Waals surface area contributed by atoms with Gasteiger partial charge in [-0.2, -0.15) is 0 Å². The van der Waals surface area contributed by atoms with Crippen LogP contribution in [0.2, 0.25) is 5.02 Å². The smallest absolute Gasteiger partial charge is 0.261 e. The third-order valence-electron chi connectivity index (χ3n) is 3.50. The van der Waals surface area contributed by atoms with E-state index in [2.05, 4.69) is 4.72 Å². The molecule has 6 heteroatoms. The van der Waals surface area contributed by atoms with Crippen molar-refractivity contribution in [3.8, 4) is 5.75 Å². The fraction of sp³-hybridized carbons (Fsp3) is 0.111. The Labute approximate surface area is 146 Å². The summed E-state index contributed by atoms with van der Waals surface area (Å²) < 4.78 is 33.1. The summed E-state index contributed by atoms with van der Waals surface area (Å²) in [6.07, 6.45) is 0. The van der Waals surface area contributed by atoms with Crippen LogP contribution >= 0.6 is 11.6 Å². The molecule has 1 N–H and O–H groups in total. The van der Waals surface area contributed by atoms with Crippen LogP contribution in [0.15, 0.2) is 65.6 Å². The lowest BCUT2D eigenvalue weighted by atomic mass is 10.1. The molecule has 0 aliphatic carbocycles. The summed E-state index contributed by atoms with van der Waals surface area (Å²) in [5.74, 6) is 0.764. The van der Waals surface area contributed by atoms with Gasteiger partial charge in [0.05, 0.1) is 11.5 Å². The van der Waals surface area contributed by atoms with E-state index in [0.717, 1.165) is 16.5 Å². The molecule has 0 amide bonds. The van der Waals surface area contributed by atoms with Crippen molar-refractivity contribution in [2.24, 2.45) is 0 Å². The maximum absolute atomic E-state index is 12.5. The van der Waals surface area contributed by atoms with Crippen LogP contribution in [0.4, 0.5) is 5.69 Å². The van der Waals surface area contributed by atoms with Gasteiger partial charge in [0, 0.05) is 10.7 Å². The van der Waals surface area contributed by atoms with Gasteiger partial charge in [-0.25, -0.2) is 8.42 Å². The number of hydrogen-bond acceptors (Lipinski definition) is 3. The number of benzene rings is 3. The summed E-state index contributed by atoms with van der Waals surface area (Å²) in [5.41, 5.74) is 0.464. The molecule has 0 atom stereocenters. The van der Waals surface area contributed by atoms with Gasteiger partial charge >= 0.3 is 0 Å². The molecule has 0 heterocycles. The van der Waals surface area contributed by atoms with Crippen molar-refractivity contribution in [1.29, 1.82) is 0 Å². The van der Waals surface area contributed by atoms with Crippen molar-refractivity contribution in [2.75, 3.05) is 11.3 Å². The van der Waals surface area contributed by atoms with Gasteiger partial charge in [-0.3, -0.25) is 4.72 Å². The van der Waals surface area contributed by atoms with Crippen molar-refractivity contribution in [3.63, 3.8) is 0 Å². The molecule has 0 fully saturated rings. The molecule has 0 saturated heterocycles. The van der Waals surface area contributed by atoms with Gasteiger partial charge in [-0.1, -0.05) is 23.7 Å². The predicted octanol–water partition coefficient (Wildman–Crippen LogP) is 4.69. The van der Waals surface area contributed by atoms with Crippen LogP contribution in [0.3, 0.4) is 0 Å². The average Bonchev–Trinajstić information content (AvgIpc) is 2.56. The highest BCUT2D eigenvalue weighted by Crippen LogP contribution is 2.25. The number of ether oxygens (including phenoxy) is 1. The molecular weight excluding hydrogens is 346 g/mol. The van der Waals surface area contributed by atoms with Gasteiger partial charge in [-0.05, 0) is 66.2 Å². The fourth-order valence-corrected chi connectivity index (χ4v) is 3.58. The van der Waals surface area contributed by atoms with Crippen LogP contribution in [-0.4, -0.2) is 15.0 Å². The topological polar surface area (TPSA) is 55.4 Å². The molecule has 0 spiro atoms. The molecule has 3 aromatic rings. The van der Waals surface area contributed by atoms with Crippen molar-refractivity contribution < 1.29 is 13.2 Å². The second kappa shape index (κ2) is 6.71. The van der Waals surface area contributed by atoms with Gasteiger partial charge in [0.15, 0.2) is 0 Å². The van der Waals surface area contributed by atoms with E-state index in [4.69, 9.17) is 16.3 Å². The quantitative estimate of drug-likeness (QED) is 0.717. The normalized spacial score (nSPS) is 11.4. The van der Waals surface area contributed by atoms with E-state index in [1.165, 1.54) is 0 Å². The Morgan fingerprint density at radius 3 is 2.33 bits per heavy atom. The Hall–Kier alpha value is -2.24. The van der Waals surface area contributed by atoms with Gasteiger partial charge in [0.1, 0.15) is 5.75 Å². The molecule has 0 aliphatic heterocycles. The first kappa shape index (κ1) is 16.6. The standard InChI is InChI=1S/C18H16ClNO3S/c1-2-23-17-9-3-14-12-18(10-4-13(14)11-17)24(21,22)20-16-7-5-15(19)6-8-16/h3-12,20H,2H2,1H3. The zero-order valence-corrected chi connectivity index (χ0v) is 14.6. The minimum Gasteiger partial charge on any atom is -0.494 e. The Morgan fingerprint density at radius 2 is 1.62 bits per heavy atom. The highest BCUT2D eigenvalue weighted by molar-refractivity contribution is 7.92. The van der Waals surface area contributed by atoms with Crippen molar-refractivity contribution in [2.45, 2.75) is 11.8 Å². The average molecular weight is 362 g/mol. The van der Waals surface area contributed by atoms with E-state index in [-0.39, 0.29) is 4.90 Å². The summed E-state index contributed by atoms with van der Waals surface area (Å²) in [6, 6.07) is 17.1. The molecule has 0 unspecified atom stereocenters. The maximum atomic E-state index is 12.5. The molecule has 0 radical (unpaired) electrons. The zero-order chi connectivity index (χ0) is 17.2. The Bertz CT molecular complexity index is 969. The van der Waals surface area contributed by atoms with E-state index in [1.807, 2.05) is 25.1 Å². The van der Waals surface area contributed by atoms with Crippen LogP contribution in [-0.2, 0) is 10.0 Å². The largest absolute Gasteiger partial charge is 0.494 e. The molecule has 4 nitrogen and oxygen atoms in total. The molecule has 124 valence electrons. The lowest BCUT2D eigenvalue weighted by Crippen LogP contribution is -2.12. The summed E-state index contributed by atoms with van der Waals surface area (Å²) in [5, 5.41) is 2.30. The maximum Gasteiger partial charge on any atom is 0.261 e. The predicted molar refractivity (Wildman–Crippen MR) is 97.4 cm³/mol. The van der Waals surface area contributed by atoms with E-state index in [0.29, 0.717) is 17.3 Å². The number of rotatable bonds is 5. The van der Waals surface area contributed by atoms with Crippen LogP contribution in [0.25, 0.3) is 10.8 Å². The third kappa shape index (κ3) is 3.63. The molecule has 0 aliphatic rings. The van der Waals surface area contributed by atoms with Crippen LogP contribution in [0.5, 0.6) is 5.75 Å². The van der Waals surface area contributed by atoms with E-state index < -0.39 is 10.0 Å². The van der Waals surface area contributed by atoms with Gasteiger partial charge in [-0.15, -0.1) is 0 Å². The van der Waals surface area contributed by atoms with E-state index in [1.54, 1.807) is 42.5 Å². The monoisotopic (exact) mass is 361 g/mol. The summed E-state index contributed by atoms with van der Waals surface area (Å²) >= 11 is 5.81. The number of halogens is 1. The number of anilines is 1. The zero-order valence-electron chi connectivity index (χ0n) is 13.0. The van der Waals surface area contributed by atoms with Crippen molar-refractivity contribution in [1.82, 2.24) is 0 Å². The first-order chi connectivity index (χ1) is 11.5. The van der Waals surface area contributed by atoms with Gasteiger partial charge in [0.2, 0.25) is 0 Å². The van der Waals surface area contributed by atoms with Crippen LogP contribution < -0.4 is 9.46 Å². The van der Waals surface area contributed by atoms with Crippen molar-refractivity contribution in [3.05, 3.63) is 65.7 Å². The Kier molecular flexibility index (Phi) is 4.64. The fourth-order valence-electron chi connectivity index (χ4n) is 2.36. The SMILES string of the molecule is CCOc1ccc2cc(S(=O)(=O)Nc3ccc(Cl)cc3)ccc2c1. The summed E-state index contributed by atoms with van der Waals surface area (Å²) in [4.78, 5) is 0.203. The first-order valence-electron chi connectivity index (χ1n) is 7.43. The first-order valence-corrected chi connectivity index (χ1v) is 9.29. The molecule has 0 bridgehead atoms. The number of nitrogens with one attached hydrogen (secondary N) is 1. The second-order valence-corrected chi connectivity index (χ2v) is 7.34. The Balaban J connectivity index is 1.92. The highest BCUT2D eigenvalue weighted by Gasteiger charge is 2.14. The molecule has 3 rings (SSSR count). The van der Waals surface area contributed by atoms with Crippen LogP contribution in [0.1, 0.15) is 6.92 Å². The minimum absolute atomic E-state index is 0.203. The van der Waals surface area contributed by atoms with Gasteiger partial charge < -0.3 is 4.74 Å². The molecule has 0 aromatic heterocycles. The lowest BCUT2D eigenvalue weighted by molar-refractivity contribution is 0.341. The molecule has 0 saturated carbocycles. The second-order valence-electron chi connectivity index (χ2n) is 5.22. The third-order valence-corrected chi connectivity index (χ3v) is 5.13. The van der Waals surface area contributed by atoms with Crippen molar-refractivity contribution >= 4 is 38.1 Å². The molecular formula is C18H16ClNO3S. The number of sulfonamides is 1. The highest BCUT2D eigenvalue weighted by atomic mass is 35.5. The van der Waals surface area contributed by atoms with Crippen LogP contribution in [0, 0.1) is 0 Å². The summed E-state index contributed by atoms with van der Waals surface area (Å²) in [6.45, 7) is 2.51. The minimum atomic E-state index is -3.66. The van der Waals surface area contributed by atoms with E-state index >= 15 is 0 Å². The van der Waals surface area contributed by atoms with E-state index in [9.17, 15) is 8.42 Å². The molecule has 3 aromatic carbocycles.